The summed E-state index contributed by atoms with van der Waals surface area (Å²) in [4.78, 5) is 40.5. The maximum Gasteiger partial charge on any atom is 0.247 e. The fourth-order valence-electron chi connectivity index (χ4n) is 2.93. The van der Waals surface area contributed by atoms with Gasteiger partial charge in [0.05, 0.1) is 23.4 Å². The van der Waals surface area contributed by atoms with E-state index in [0.717, 1.165) is 23.3 Å². The van der Waals surface area contributed by atoms with Gasteiger partial charge >= 0.3 is 0 Å². The van der Waals surface area contributed by atoms with E-state index in [2.05, 4.69) is 46.5 Å². The number of para-hydroxylation sites is 2. The predicted octanol–water partition coefficient (Wildman–Crippen LogP) is 2.36. The number of carbonyl (C=O) groups is 2. The van der Waals surface area contributed by atoms with Crippen LogP contribution in [0.5, 0.6) is 0 Å². The number of nitrogens with one attached hydrogen (secondary N) is 3. The second kappa shape index (κ2) is 7.07. The van der Waals surface area contributed by atoms with E-state index in [9.17, 15) is 9.59 Å². The first kappa shape index (κ1) is 17.6. The Labute approximate surface area is 163 Å². The number of hydrogen-bond acceptors (Lipinski definition) is 5. The lowest BCUT2D eigenvalue weighted by Crippen LogP contribution is -2.42. The zero-order valence-corrected chi connectivity index (χ0v) is 16.0. The fourth-order valence-corrected chi connectivity index (χ4v) is 3.14. The molecule has 8 nitrogen and oxygen atoms in total. The number of aromatic amines is 1. The number of nitrogens with zero attached hydrogens (tertiary/aromatic N) is 3. The van der Waals surface area contributed by atoms with Gasteiger partial charge in [0.15, 0.2) is 5.82 Å². The molecule has 27 heavy (non-hydrogen) atoms. The van der Waals surface area contributed by atoms with Crippen molar-refractivity contribution < 1.29 is 9.59 Å². The number of aromatic nitrogens is 4. The predicted molar refractivity (Wildman–Crippen MR) is 103 cm³/mol. The van der Waals surface area contributed by atoms with E-state index in [1.54, 1.807) is 6.92 Å². The van der Waals surface area contributed by atoms with Gasteiger partial charge in [0, 0.05) is 11.8 Å². The number of imidazole rings is 1. The summed E-state index contributed by atoms with van der Waals surface area (Å²) < 4.78 is 0.576. The van der Waals surface area contributed by atoms with Crippen molar-refractivity contribution in [3.05, 3.63) is 47.1 Å². The van der Waals surface area contributed by atoms with Gasteiger partial charge in [-0.15, -0.1) is 0 Å². The van der Waals surface area contributed by atoms with E-state index in [-0.39, 0.29) is 23.7 Å². The molecular weight excluding hydrogens is 412 g/mol. The van der Waals surface area contributed by atoms with Gasteiger partial charge in [0.2, 0.25) is 11.8 Å². The van der Waals surface area contributed by atoms with Crippen LogP contribution in [0.15, 0.2) is 41.3 Å². The van der Waals surface area contributed by atoms with E-state index < -0.39 is 6.04 Å². The number of fused-ring (bicyclic) bond motifs is 1. The highest BCUT2D eigenvalue weighted by molar-refractivity contribution is 9.10. The highest BCUT2D eigenvalue weighted by Crippen LogP contribution is 2.46. The Bertz CT molecular complexity index is 970. The van der Waals surface area contributed by atoms with Crippen molar-refractivity contribution in [2.45, 2.75) is 25.3 Å². The number of amides is 2. The molecule has 0 spiro atoms. The van der Waals surface area contributed by atoms with Crippen LogP contribution in [0.3, 0.4) is 0 Å². The van der Waals surface area contributed by atoms with Crippen LogP contribution in [0.2, 0.25) is 0 Å². The van der Waals surface area contributed by atoms with E-state index in [1.807, 2.05) is 24.3 Å². The number of carbonyl (C=O) groups excluding carboxylic acids is 2. The van der Waals surface area contributed by atoms with Gasteiger partial charge < -0.3 is 15.6 Å². The number of H-pyrrole nitrogens is 1. The molecule has 1 aliphatic carbocycles. The minimum atomic E-state index is -0.681. The number of anilines is 1. The van der Waals surface area contributed by atoms with E-state index >= 15 is 0 Å². The smallest absolute Gasteiger partial charge is 0.247 e. The highest BCUT2D eigenvalue weighted by atomic mass is 79.9. The average Bonchev–Trinajstić information content (AvgIpc) is 3.35. The van der Waals surface area contributed by atoms with Gasteiger partial charge in [0.1, 0.15) is 16.5 Å². The molecule has 1 saturated carbocycles. The Morgan fingerprint density at radius 2 is 2.07 bits per heavy atom. The maximum atomic E-state index is 12.4. The van der Waals surface area contributed by atoms with Crippen LogP contribution in [0.4, 0.5) is 5.82 Å². The molecule has 2 aromatic heterocycles. The molecule has 2 heterocycles. The molecule has 0 saturated heterocycles. The fraction of sp³-hybridized carbons (Fsp3) is 0.278. The summed E-state index contributed by atoms with van der Waals surface area (Å²) in [7, 11) is 0. The third-order valence-corrected chi connectivity index (χ3v) is 4.92. The number of hydrogen-bond donors (Lipinski definition) is 3. The number of halogens is 1. The highest BCUT2D eigenvalue weighted by Gasteiger charge is 2.46. The van der Waals surface area contributed by atoms with Crippen LogP contribution in [0.25, 0.3) is 11.0 Å². The Balaban J connectivity index is 1.33. The summed E-state index contributed by atoms with van der Waals surface area (Å²) in [5, 5.41) is 5.38. The molecular formula is C18H17BrN6O2. The molecule has 2 amide bonds. The summed E-state index contributed by atoms with van der Waals surface area (Å²) in [5.74, 6) is 0.540. The Morgan fingerprint density at radius 1 is 1.26 bits per heavy atom. The van der Waals surface area contributed by atoms with E-state index in [0.29, 0.717) is 10.4 Å². The quantitative estimate of drug-likeness (QED) is 0.577. The third kappa shape index (κ3) is 3.82. The van der Waals surface area contributed by atoms with Crippen molar-refractivity contribution in [2.24, 2.45) is 5.92 Å². The molecule has 1 aliphatic rings. The molecule has 1 aromatic carbocycles. The van der Waals surface area contributed by atoms with Crippen molar-refractivity contribution in [2.75, 3.05) is 5.32 Å². The van der Waals surface area contributed by atoms with Gasteiger partial charge in [-0.25, -0.2) is 15.0 Å². The van der Waals surface area contributed by atoms with Crippen molar-refractivity contribution in [1.82, 2.24) is 25.3 Å². The molecule has 4 rings (SSSR count). The van der Waals surface area contributed by atoms with Crippen LogP contribution in [-0.2, 0) is 9.59 Å². The molecule has 3 atom stereocenters. The minimum Gasteiger partial charge on any atom is -0.344 e. The van der Waals surface area contributed by atoms with Crippen molar-refractivity contribution in [3.8, 4) is 0 Å². The summed E-state index contributed by atoms with van der Waals surface area (Å²) in [6.45, 7) is 1.64. The van der Waals surface area contributed by atoms with Crippen LogP contribution < -0.4 is 10.6 Å². The summed E-state index contributed by atoms with van der Waals surface area (Å²) in [6, 6.07) is 7.09. The summed E-state index contributed by atoms with van der Waals surface area (Å²) in [5.41, 5.74) is 1.85. The van der Waals surface area contributed by atoms with Gasteiger partial charge in [-0.2, -0.15) is 0 Å². The van der Waals surface area contributed by atoms with Gasteiger partial charge in [-0.05, 0) is 41.4 Å². The zero-order chi connectivity index (χ0) is 19.0. The second-order valence-corrected chi connectivity index (χ2v) is 7.34. The largest absolute Gasteiger partial charge is 0.344 e. The molecule has 9 heteroatoms. The first-order chi connectivity index (χ1) is 13.0. The third-order valence-electron chi connectivity index (χ3n) is 4.51. The van der Waals surface area contributed by atoms with E-state index in [1.165, 1.54) is 12.4 Å². The zero-order valence-electron chi connectivity index (χ0n) is 14.4. The monoisotopic (exact) mass is 428 g/mol. The molecule has 0 unspecified atom stereocenters. The van der Waals surface area contributed by atoms with Gasteiger partial charge in [0.25, 0.3) is 0 Å². The Kier molecular flexibility index (Phi) is 4.61. The van der Waals surface area contributed by atoms with Crippen molar-refractivity contribution in [3.63, 3.8) is 0 Å². The Hall–Kier alpha value is -2.81. The van der Waals surface area contributed by atoms with Crippen LogP contribution in [-0.4, -0.2) is 37.8 Å². The van der Waals surface area contributed by atoms with E-state index in [4.69, 9.17) is 0 Å². The first-order valence-corrected chi connectivity index (χ1v) is 9.34. The number of benzene rings is 1. The summed E-state index contributed by atoms with van der Waals surface area (Å²) >= 11 is 3.18. The molecule has 3 aromatic rings. The van der Waals surface area contributed by atoms with Crippen molar-refractivity contribution >= 4 is 44.6 Å². The lowest BCUT2D eigenvalue weighted by Gasteiger charge is -2.13. The normalized spacial score (nSPS) is 19.5. The summed E-state index contributed by atoms with van der Waals surface area (Å²) in [6.07, 6.45) is 3.65. The second-order valence-electron chi connectivity index (χ2n) is 6.53. The number of rotatable bonds is 5. The molecule has 0 aliphatic heterocycles. The molecule has 138 valence electrons. The van der Waals surface area contributed by atoms with Gasteiger partial charge in [-0.3, -0.25) is 9.59 Å². The molecule has 0 bridgehead atoms. The lowest BCUT2D eigenvalue weighted by atomic mass is 10.2. The topological polar surface area (TPSA) is 113 Å². The molecule has 1 fully saturated rings. The first-order valence-electron chi connectivity index (χ1n) is 8.54. The molecule has 3 N–H and O–H groups in total. The standard InChI is InChI=1S/C18H17BrN6O2/c1-9(17(26)25-15-8-20-14(19)7-21-15)22-18(27)11-6-10(11)16-23-12-4-2-3-5-13(12)24-16/h2-5,7-11H,6H2,1H3,(H,22,27)(H,23,24)(H,21,25,26)/t9-,10+,11+/m1/s1. The minimum absolute atomic E-state index is 0.0602. The van der Waals surface area contributed by atoms with Crippen LogP contribution >= 0.6 is 15.9 Å². The van der Waals surface area contributed by atoms with Crippen LogP contribution in [0.1, 0.15) is 25.1 Å². The molecule has 0 radical (unpaired) electrons. The van der Waals surface area contributed by atoms with Gasteiger partial charge in [-0.1, -0.05) is 12.1 Å². The van der Waals surface area contributed by atoms with Crippen LogP contribution in [0, 0.1) is 5.92 Å². The maximum absolute atomic E-state index is 12.4. The SMILES string of the molecule is C[C@@H](NC(=O)[C@H]1C[C@@H]1c1nc2ccccc2[nH]1)C(=O)Nc1cnc(Br)cn1. The van der Waals surface area contributed by atoms with Crippen molar-refractivity contribution in [1.29, 1.82) is 0 Å². The average molecular weight is 429 g/mol. The Morgan fingerprint density at radius 3 is 2.81 bits per heavy atom. The lowest BCUT2D eigenvalue weighted by molar-refractivity contribution is -0.127.